The maximum atomic E-state index is 11.1. The van der Waals surface area contributed by atoms with Crippen LogP contribution in [0.5, 0.6) is 11.5 Å². The Hall–Kier alpha value is -2.59. The summed E-state index contributed by atoms with van der Waals surface area (Å²) in [6, 6.07) is 19.3. The van der Waals surface area contributed by atoms with Crippen LogP contribution in [0.1, 0.15) is 16.9 Å². The summed E-state index contributed by atoms with van der Waals surface area (Å²) in [4.78, 5) is 8.31. The summed E-state index contributed by atoms with van der Waals surface area (Å²) in [7, 11) is -3.68. The van der Waals surface area contributed by atoms with Gasteiger partial charge in [-0.1, -0.05) is 24.3 Å². The zero-order chi connectivity index (χ0) is 23.3. The van der Waals surface area contributed by atoms with E-state index in [1.165, 1.54) is 32.9 Å². The van der Waals surface area contributed by atoms with Gasteiger partial charge in [0.05, 0.1) is 18.1 Å². The molecule has 0 saturated heterocycles. The Kier molecular flexibility index (Phi) is 7.54. The minimum Gasteiger partial charge on any atom is -0.490 e. The molecule has 2 N–H and O–H groups in total. The second kappa shape index (κ2) is 10.6. The predicted octanol–water partition coefficient (Wildman–Crippen LogP) is 5.10. The van der Waals surface area contributed by atoms with E-state index in [1.54, 1.807) is 17.4 Å². The van der Waals surface area contributed by atoms with Crippen molar-refractivity contribution in [2.24, 2.45) is 5.14 Å². The number of pyridine rings is 1. The Morgan fingerprint density at radius 1 is 1.03 bits per heavy atom. The van der Waals surface area contributed by atoms with Gasteiger partial charge in [-0.25, -0.2) is 18.5 Å². The number of nitrogens with zero attached hydrogens (tertiary/aromatic N) is 1. The van der Waals surface area contributed by atoms with Gasteiger partial charge in [-0.05, 0) is 42.2 Å². The third-order valence-electron chi connectivity index (χ3n) is 4.95. The Labute approximate surface area is 201 Å². The lowest BCUT2D eigenvalue weighted by Gasteiger charge is -2.07. The summed E-state index contributed by atoms with van der Waals surface area (Å²) < 4.78 is 32.9. The number of aromatic nitrogens is 1. The molecule has 9 heteroatoms. The molecular weight excluding hydrogens is 476 g/mol. The second-order valence-electron chi connectivity index (χ2n) is 7.30. The Morgan fingerprint density at radius 2 is 1.82 bits per heavy atom. The van der Waals surface area contributed by atoms with Crippen LogP contribution in [-0.4, -0.2) is 32.9 Å². The fourth-order valence-electron chi connectivity index (χ4n) is 3.37. The average molecular weight is 501 g/mol. The van der Waals surface area contributed by atoms with Crippen molar-refractivity contribution in [3.8, 4) is 11.5 Å². The summed E-state index contributed by atoms with van der Waals surface area (Å²) in [6.45, 7) is 1.09. The summed E-state index contributed by atoms with van der Waals surface area (Å²) in [5.41, 5.74) is 1.40. The van der Waals surface area contributed by atoms with E-state index in [1.807, 2.05) is 24.0 Å². The quantitative estimate of drug-likeness (QED) is 0.392. The molecule has 172 valence electrons. The molecule has 2 aromatic heterocycles. The summed E-state index contributed by atoms with van der Waals surface area (Å²) in [5.74, 6) is 0.985. The average Bonchev–Trinajstić information content (AvgIpc) is 3.06. The molecule has 0 radical (unpaired) electrons. The van der Waals surface area contributed by atoms with E-state index in [2.05, 4.69) is 47.6 Å². The molecule has 3 heterocycles. The van der Waals surface area contributed by atoms with Crippen LogP contribution in [0, 0.1) is 0 Å². The highest BCUT2D eigenvalue weighted by Crippen LogP contribution is 2.31. The Bertz CT molecular complexity index is 1320. The lowest BCUT2D eigenvalue weighted by atomic mass is 10.1. The highest BCUT2D eigenvalue weighted by atomic mass is 32.2. The molecule has 6 nitrogen and oxygen atoms in total. The normalized spacial score (nSPS) is 13.2. The lowest BCUT2D eigenvalue weighted by Crippen LogP contribution is -2.12. The van der Waals surface area contributed by atoms with Gasteiger partial charge in [0.1, 0.15) is 4.83 Å². The summed E-state index contributed by atoms with van der Waals surface area (Å²) in [6.07, 6.45) is 5.77. The molecule has 4 aromatic rings. The van der Waals surface area contributed by atoms with Gasteiger partial charge in [-0.15, -0.1) is 23.1 Å². The summed E-state index contributed by atoms with van der Waals surface area (Å²) in [5, 5.41) is 6.25. The number of hydrogen-bond donors (Lipinski definition) is 1. The van der Waals surface area contributed by atoms with E-state index in [0.29, 0.717) is 24.7 Å². The largest absolute Gasteiger partial charge is 0.490 e. The zero-order valence-electron chi connectivity index (χ0n) is 18.1. The van der Waals surface area contributed by atoms with E-state index in [9.17, 15) is 8.42 Å². The monoisotopic (exact) mass is 500 g/mol. The van der Waals surface area contributed by atoms with Crippen LogP contribution < -0.4 is 14.6 Å². The smallest absolute Gasteiger partial charge is 0.238 e. The van der Waals surface area contributed by atoms with Crippen LogP contribution in [0.2, 0.25) is 0 Å². The van der Waals surface area contributed by atoms with Gasteiger partial charge in [0.25, 0.3) is 0 Å². The molecule has 0 fully saturated rings. The van der Waals surface area contributed by atoms with Crippen molar-refractivity contribution >= 4 is 43.3 Å². The highest BCUT2D eigenvalue weighted by molar-refractivity contribution is 7.98. The number of rotatable bonds is 4. The van der Waals surface area contributed by atoms with E-state index < -0.39 is 10.0 Å². The maximum Gasteiger partial charge on any atom is 0.238 e. The van der Waals surface area contributed by atoms with Crippen molar-refractivity contribution in [1.82, 2.24) is 4.98 Å². The molecule has 0 saturated carbocycles. The predicted molar refractivity (Wildman–Crippen MR) is 134 cm³/mol. The highest BCUT2D eigenvalue weighted by Gasteiger charge is 2.15. The van der Waals surface area contributed by atoms with Gasteiger partial charge < -0.3 is 9.47 Å². The number of thioether (sulfide) groups is 1. The minimum atomic E-state index is -3.68. The van der Waals surface area contributed by atoms with Crippen LogP contribution in [0.3, 0.4) is 0 Å². The van der Waals surface area contributed by atoms with Gasteiger partial charge in [-0.3, -0.25) is 0 Å². The third kappa shape index (κ3) is 6.05. The number of primary sulfonamides is 1. The first-order valence-electron chi connectivity index (χ1n) is 10.3. The molecule has 0 unspecified atom stereocenters. The number of sulfonamides is 1. The van der Waals surface area contributed by atoms with Crippen LogP contribution in [0.25, 0.3) is 10.2 Å². The molecule has 0 amide bonds. The second-order valence-corrected chi connectivity index (χ2v) is 10.8. The van der Waals surface area contributed by atoms with Crippen LogP contribution in [0.15, 0.2) is 76.7 Å². The van der Waals surface area contributed by atoms with Crippen LogP contribution in [0.4, 0.5) is 0 Å². The van der Waals surface area contributed by atoms with Crippen molar-refractivity contribution in [3.05, 3.63) is 77.3 Å². The van der Waals surface area contributed by atoms with Crippen LogP contribution in [-0.2, 0) is 16.4 Å². The standard InChI is InChI=1S/C15H13NS2.C9H11NO4S/c1-17-14-7-3-2-5-11(14)9-13-10-12-6-4-8-16-15(12)18-13;10-15(11,12)7-2-3-8-9(6-7)14-5-1-4-13-8/h2-8,10H,9H2,1H3;2-3,6H,1,4-5H2,(H2,10,11,12). The van der Waals surface area contributed by atoms with Crippen molar-refractivity contribution in [2.45, 2.75) is 22.6 Å². The van der Waals surface area contributed by atoms with Gasteiger partial charge in [0, 0.05) is 40.3 Å². The number of hydrogen-bond acceptors (Lipinski definition) is 7. The van der Waals surface area contributed by atoms with E-state index in [4.69, 9.17) is 14.6 Å². The molecule has 2 aromatic carbocycles. The molecule has 5 rings (SSSR count). The first kappa shape index (κ1) is 23.6. The lowest BCUT2D eigenvalue weighted by molar-refractivity contribution is 0.297. The van der Waals surface area contributed by atoms with Crippen molar-refractivity contribution in [2.75, 3.05) is 19.5 Å². The Morgan fingerprint density at radius 3 is 2.58 bits per heavy atom. The van der Waals surface area contributed by atoms with Crippen molar-refractivity contribution in [3.63, 3.8) is 0 Å². The number of benzene rings is 2. The van der Waals surface area contributed by atoms with Gasteiger partial charge in [-0.2, -0.15) is 0 Å². The molecule has 0 aliphatic carbocycles. The SMILES string of the molecule is CSc1ccccc1Cc1cc2cccnc2s1.NS(=O)(=O)c1ccc2c(c1)OCCCO2. The topological polar surface area (TPSA) is 91.5 Å². The molecule has 0 atom stereocenters. The molecule has 0 bridgehead atoms. The number of nitrogens with two attached hydrogens (primary N) is 1. The first-order chi connectivity index (χ1) is 15.9. The van der Waals surface area contributed by atoms with Gasteiger partial charge in [0.15, 0.2) is 11.5 Å². The van der Waals surface area contributed by atoms with E-state index in [-0.39, 0.29) is 4.90 Å². The fraction of sp³-hybridized carbons (Fsp3) is 0.208. The fourth-order valence-corrected chi connectivity index (χ4v) is 5.54. The summed E-state index contributed by atoms with van der Waals surface area (Å²) >= 11 is 3.60. The van der Waals surface area contributed by atoms with E-state index >= 15 is 0 Å². The maximum absolute atomic E-state index is 11.1. The number of fused-ring (bicyclic) bond motifs is 2. The number of thiophene rings is 1. The van der Waals surface area contributed by atoms with E-state index in [0.717, 1.165) is 17.7 Å². The third-order valence-corrected chi connectivity index (χ3v) is 7.76. The van der Waals surface area contributed by atoms with Gasteiger partial charge >= 0.3 is 0 Å². The Balaban J connectivity index is 0.000000160. The molecule has 0 spiro atoms. The van der Waals surface area contributed by atoms with Crippen molar-refractivity contribution in [1.29, 1.82) is 0 Å². The number of ether oxygens (including phenoxy) is 2. The minimum absolute atomic E-state index is 0.0340. The van der Waals surface area contributed by atoms with Crippen molar-refractivity contribution < 1.29 is 17.9 Å². The first-order valence-corrected chi connectivity index (χ1v) is 13.9. The molecule has 1 aliphatic heterocycles. The molecule has 33 heavy (non-hydrogen) atoms. The van der Waals surface area contributed by atoms with Crippen LogP contribution >= 0.6 is 23.1 Å². The molecule has 1 aliphatic rings. The molecular formula is C24H24N2O4S3. The zero-order valence-corrected chi connectivity index (χ0v) is 20.5. The van der Waals surface area contributed by atoms with Gasteiger partial charge in [0.2, 0.25) is 10.0 Å².